The van der Waals surface area contributed by atoms with E-state index in [1.54, 1.807) is 22.6 Å². The second-order valence-corrected chi connectivity index (χ2v) is 7.57. The van der Waals surface area contributed by atoms with E-state index in [2.05, 4.69) is 4.98 Å². The number of ether oxygens (including phenoxy) is 1. The minimum Gasteiger partial charge on any atom is -0.486 e. The van der Waals surface area contributed by atoms with Crippen molar-refractivity contribution in [1.29, 1.82) is 0 Å². The van der Waals surface area contributed by atoms with Gasteiger partial charge in [0.25, 0.3) is 5.56 Å². The minimum atomic E-state index is -1.12. The first-order valence-corrected chi connectivity index (χ1v) is 9.87. The average Bonchev–Trinajstić information content (AvgIpc) is 3.43. The van der Waals surface area contributed by atoms with Crippen LogP contribution in [0.4, 0.5) is 0 Å². The number of benzene rings is 2. The van der Waals surface area contributed by atoms with Gasteiger partial charge in [0.1, 0.15) is 18.1 Å². The summed E-state index contributed by atoms with van der Waals surface area (Å²) < 4.78 is 13.0. The number of para-hydroxylation sites is 2. The van der Waals surface area contributed by atoms with Crippen LogP contribution in [0.25, 0.3) is 22.1 Å². The van der Waals surface area contributed by atoms with Crippen molar-refractivity contribution >= 4 is 39.4 Å². The SMILES string of the molecule is O=C(O)c1ccc(COc2ccc(/C=c3/sc4nc5ccccc5n4c3=O)cc2)o1. The van der Waals surface area contributed by atoms with Crippen LogP contribution in [0.15, 0.2) is 69.9 Å². The molecule has 2 aromatic carbocycles. The number of fused-ring (bicyclic) bond motifs is 3. The molecule has 3 heterocycles. The fourth-order valence-corrected chi connectivity index (χ4v) is 4.14. The Morgan fingerprint density at radius 1 is 1.13 bits per heavy atom. The first kappa shape index (κ1) is 18.1. The van der Waals surface area contributed by atoms with E-state index in [1.807, 2.05) is 42.5 Å². The topological polar surface area (TPSA) is 94.0 Å². The zero-order valence-electron chi connectivity index (χ0n) is 15.4. The normalized spacial score (nSPS) is 12.1. The van der Waals surface area contributed by atoms with Crippen LogP contribution in [0.5, 0.6) is 5.75 Å². The highest BCUT2D eigenvalue weighted by Crippen LogP contribution is 2.18. The number of carbonyl (C=O) groups is 1. The fourth-order valence-electron chi connectivity index (χ4n) is 3.15. The molecule has 0 radical (unpaired) electrons. The van der Waals surface area contributed by atoms with E-state index in [0.717, 1.165) is 16.6 Å². The van der Waals surface area contributed by atoms with Gasteiger partial charge in [0.05, 0.1) is 15.6 Å². The lowest BCUT2D eigenvalue weighted by Gasteiger charge is -2.04. The molecule has 0 aliphatic carbocycles. The zero-order valence-corrected chi connectivity index (χ0v) is 16.3. The van der Waals surface area contributed by atoms with Crippen molar-refractivity contribution in [3.05, 3.63) is 92.6 Å². The van der Waals surface area contributed by atoms with E-state index in [0.29, 0.717) is 21.0 Å². The molecule has 0 spiro atoms. The van der Waals surface area contributed by atoms with E-state index < -0.39 is 5.97 Å². The van der Waals surface area contributed by atoms with Gasteiger partial charge in [0.15, 0.2) is 4.96 Å². The lowest BCUT2D eigenvalue weighted by Crippen LogP contribution is -2.22. The van der Waals surface area contributed by atoms with Gasteiger partial charge in [-0.15, -0.1) is 0 Å². The fraction of sp³-hybridized carbons (Fsp3) is 0.0455. The molecule has 0 bridgehead atoms. The molecule has 8 heteroatoms. The third kappa shape index (κ3) is 3.23. The van der Waals surface area contributed by atoms with Crippen molar-refractivity contribution in [2.24, 2.45) is 0 Å². The number of carboxylic acid groups (broad SMARTS) is 1. The van der Waals surface area contributed by atoms with Crippen molar-refractivity contribution in [2.45, 2.75) is 6.61 Å². The van der Waals surface area contributed by atoms with Crippen LogP contribution in [0, 0.1) is 0 Å². The van der Waals surface area contributed by atoms with Crippen molar-refractivity contribution in [1.82, 2.24) is 9.38 Å². The molecule has 5 aromatic rings. The Bertz CT molecular complexity index is 1490. The zero-order chi connectivity index (χ0) is 20.7. The molecule has 1 N–H and O–H groups in total. The molecule has 7 nitrogen and oxygen atoms in total. The number of carboxylic acids is 1. The summed E-state index contributed by atoms with van der Waals surface area (Å²) in [5.41, 5.74) is 2.39. The first-order chi connectivity index (χ1) is 14.6. The second kappa shape index (κ2) is 7.16. The van der Waals surface area contributed by atoms with Gasteiger partial charge >= 0.3 is 5.97 Å². The number of furan rings is 1. The van der Waals surface area contributed by atoms with Crippen molar-refractivity contribution in [3.63, 3.8) is 0 Å². The van der Waals surface area contributed by atoms with Crippen LogP contribution in [0.2, 0.25) is 0 Å². The molecule has 0 fully saturated rings. The third-order valence-corrected chi connectivity index (χ3v) is 5.55. The molecule has 3 aromatic heterocycles. The molecule has 0 aliphatic rings. The van der Waals surface area contributed by atoms with Gasteiger partial charge in [-0.1, -0.05) is 35.6 Å². The molecule has 0 saturated heterocycles. The van der Waals surface area contributed by atoms with Crippen molar-refractivity contribution < 1.29 is 19.1 Å². The monoisotopic (exact) mass is 418 g/mol. The van der Waals surface area contributed by atoms with Crippen LogP contribution < -0.4 is 14.8 Å². The standard InChI is InChI=1S/C22H14N2O5S/c25-20-19(30-22-23-16-3-1-2-4-17(16)24(20)22)11-13-5-7-14(8-6-13)28-12-15-9-10-18(29-15)21(26)27/h1-11H,12H2,(H,26,27)/b19-11+. The van der Waals surface area contributed by atoms with E-state index in [4.69, 9.17) is 14.3 Å². The summed E-state index contributed by atoms with van der Waals surface area (Å²) >= 11 is 1.35. The number of hydrogen-bond donors (Lipinski definition) is 1. The van der Waals surface area contributed by atoms with Gasteiger partial charge in [-0.3, -0.25) is 4.79 Å². The number of nitrogens with zero attached hydrogens (tertiary/aromatic N) is 2. The lowest BCUT2D eigenvalue weighted by atomic mass is 10.2. The molecular weight excluding hydrogens is 404 g/mol. The largest absolute Gasteiger partial charge is 0.486 e. The molecule has 0 unspecified atom stereocenters. The van der Waals surface area contributed by atoms with E-state index in [-0.39, 0.29) is 17.9 Å². The highest BCUT2D eigenvalue weighted by molar-refractivity contribution is 7.15. The molecule has 0 amide bonds. The molecule has 148 valence electrons. The predicted octanol–water partition coefficient (Wildman–Crippen LogP) is 3.33. The second-order valence-electron chi connectivity index (χ2n) is 6.56. The number of rotatable bonds is 5. The predicted molar refractivity (Wildman–Crippen MR) is 112 cm³/mol. The maximum absolute atomic E-state index is 12.8. The number of aromatic carboxylic acids is 1. The quantitative estimate of drug-likeness (QED) is 0.471. The van der Waals surface area contributed by atoms with Crippen LogP contribution in [0.3, 0.4) is 0 Å². The van der Waals surface area contributed by atoms with E-state index in [1.165, 1.54) is 17.4 Å². The Morgan fingerprint density at radius 2 is 1.93 bits per heavy atom. The average molecular weight is 418 g/mol. The summed E-state index contributed by atoms with van der Waals surface area (Å²) in [6.45, 7) is 0.121. The summed E-state index contributed by atoms with van der Waals surface area (Å²) in [4.78, 5) is 28.8. The maximum Gasteiger partial charge on any atom is 0.371 e. The summed E-state index contributed by atoms with van der Waals surface area (Å²) in [6.07, 6.45) is 1.83. The van der Waals surface area contributed by atoms with Gasteiger partial charge < -0.3 is 14.3 Å². The van der Waals surface area contributed by atoms with Crippen molar-refractivity contribution in [2.75, 3.05) is 0 Å². The highest BCUT2D eigenvalue weighted by atomic mass is 32.1. The van der Waals surface area contributed by atoms with Gasteiger partial charge in [0.2, 0.25) is 5.76 Å². The first-order valence-electron chi connectivity index (χ1n) is 9.05. The Morgan fingerprint density at radius 3 is 2.70 bits per heavy atom. The Labute approximate surface area is 173 Å². The Balaban J connectivity index is 1.37. The minimum absolute atomic E-state index is 0.0870. The van der Waals surface area contributed by atoms with Gasteiger partial charge in [-0.25, -0.2) is 14.2 Å². The molecule has 0 atom stereocenters. The number of thiazole rings is 1. The van der Waals surface area contributed by atoms with E-state index in [9.17, 15) is 9.59 Å². The summed E-state index contributed by atoms with van der Waals surface area (Å²) in [5.74, 6) is -0.210. The number of hydrogen-bond acceptors (Lipinski definition) is 6. The van der Waals surface area contributed by atoms with Gasteiger partial charge in [0, 0.05) is 0 Å². The summed E-state index contributed by atoms with van der Waals surface area (Å²) in [7, 11) is 0. The van der Waals surface area contributed by atoms with E-state index >= 15 is 0 Å². The molecule has 30 heavy (non-hydrogen) atoms. The van der Waals surface area contributed by atoms with Crippen LogP contribution in [-0.4, -0.2) is 20.5 Å². The van der Waals surface area contributed by atoms with Crippen LogP contribution in [0.1, 0.15) is 21.9 Å². The number of aromatic nitrogens is 2. The molecular formula is C22H14N2O5S. The maximum atomic E-state index is 12.8. The molecule has 0 saturated carbocycles. The molecule has 0 aliphatic heterocycles. The number of imidazole rings is 1. The highest BCUT2D eigenvalue weighted by Gasteiger charge is 2.11. The van der Waals surface area contributed by atoms with Crippen LogP contribution in [-0.2, 0) is 6.61 Å². The van der Waals surface area contributed by atoms with Gasteiger partial charge in [-0.2, -0.15) is 0 Å². The smallest absolute Gasteiger partial charge is 0.371 e. The van der Waals surface area contributed by atoms with Crippen molar-refractivity contribution in [3.8, 4) is 5.75 Å². The summed E-state index contributed by atoms with van der Waals surface area (Å²) in [6, 6.07) is 17.8. The lowest BCUT2D eigenvalue weighted by molar-refractivity contribution is 0.0658. The Kier molecular flexibility index (Phi) is 4.33. The Hall–Kier alpha value is -3.91. The summed E-state index contributed by atoms with van der Waals surface area (Å²) in [5, 5.41) is 8.87. The molecule has 5 rings (SSSR count). The third-order valence-electron chi connectivity index (χ3n) is 4.58. The van der Waals surface area contributed by atoms with Crippen LogP contribution >= 0.6 is 11.3 Å². The van der Waals surface area contributed by atoms with Gasteiger partial charge in [-0.05, 0) is 48.0 Å².